The van der Waals surface area contributed by atoms with Gasteiger partial charge in [-0.3, -0.25) is 0 Å². The van der Waals surface area contributed by atoms with Crippen molar-refractivity contribution in [3.8, 4) is 0 Å². The van der Waals surface area contributed by atoms with Crippen LogP contribution in [-0.2, 0) is 0 Å². The normalized spacial score (nSPS) is 20.5. The van der Waals surface area contributed by atoms with Crippen molar-refractivity contribution in [2.75, 3.05) is 26.7 Å². The van der Waals surface area contributed by atoms with Crippen LogP contribution in [0.1, 0.15) is 65.7 Å². The molecular formula is C16H34N2. The first kappa shape index (κ1) is 16.0. The van der Waals surface area contributed by atoms with E-state index in [0.717, 1.165) is 12.6 Å². The van der Waals surface area contributed by atoms with E-state index in [1.165, 1.54) is 58.0 Å². The first-order valence-corrected chi connectivity index (χ1v) is 8.02. The van der Waals surface area contributed by atoms with Crippen LogP contribution < -0.4 is 5.32 Å². The van der Waals surface area contributed by atoms with Gasteiger partial charge in [-0.2, -0.15) is 0 Å². The minimum absolute atomic E-state index is 0.446. The second kappa shape index (κ2) is 8.16. The predicted molar refractivity (Wildman–Crippen MR) is 81.1 cm³/mol. The van der Waals surface area contributed by atoms with E-state index in [1.807, 2.05) is 0 Å². The summed E-state index contributed by atoms with van der Waals surface area (Å²) in [6.07, 6.45) is 9.58. The molecule has 1 atom stereocenters. The van der Waals surface area contributed by atoms with Gasteiger partial charge in [0.25, 0.3) is 0 Å². The molecular weight excluding hydrogens is 220 g/mol. The van der Waals surface area contributed by atoms with Gasteiger partial charge in [-0.05, 0) is 44.7 Å². The molecule has 1 N–H and O–H groups in total. The highest BCUT2D eigenvalue weighted by atomic mass is 15.1. The van der Waals surface area contributed by atoms with Gasteiger partial charge in [0.1, 0.15) is 0 Å². The van der Waals surface area contributed by atoms with Crippen LogP contribution in [-0.4, -0.2) is 37.6 Å². The van der Waals surface area contributed by atoms with Gasteiger partial charge in [0.2, 0.25) is 0 Å². The lowest BCUT2D eigenvalue weighted by molar-refractivity contribution is 0.137. The third-order valence-electron chi connectivity index (χ3n) is 4.41. The Balaban J connectivity index is 2.43. The van der Waals surface area contributed by atoms with E-state index in [1.54, 1.807) is 0 Å². The maximum Gasteiger partial charge on any atom is 0.00924 e. The molecule has 1 saturated carbocycles. The van der Waals surface area contributed by atoms with Gasteiger partial charge in [-0.25, -0.2) is 0 Å². The fourth-order valence-electron chi connectivity index (χ4n) is 3.47. The first-order chi connectivity index (χ1) is 8.61. The molecule has 0 aromatic rings. The Morgan fingerprint density at radius 2 is 1.83 bits per heavy atom. The largest absolute Gasteiger partial charge is 0.316 e. The second-order valence-electron chi connectivity index (χ2n) is 6.59. The Morgan fingerprint density at radius 3 is 2.39 bits per heavy atom. The van der Waals surface area contributed by atoms with Gasteiger partial charge < -0.3 is 10.2 Å². The zero-order chi connectivity index (χ0) is 13.4. The average Bonchev–Trinajstić information content (AvgIpc) is 2.83. The van der Waals surface area contributed by atoms with Crippen LogP contribution in [0.5, 0.6) is 0 Å². The van der Waals surface area contributed by atoms with Gasteiger partial charge in [0.15, 0.2) is 0 Å². The molecule has 1 aliphatic rings. The smallest absolute Gasteiger partial charge is 0.00924 e. The third kappa shape index (κ3) is 5.27. The molecule has 0 radical (unpaired) electrons. The summed E-state index contributed by atoms with van der Waals surface area (Å²) in [5.41, 5.74) is 0.446. The summed E-state index contributed by atoms with van der Waals surface area (Å²) < 4.78 is 0. The molecule has 0 aromatic carbocycles. The summed E-state index contributed by atoms with van der Waals surface area (Å²) in [6, 6.07) is 0.854. The second-order valence-corrected chi connectivity index (χ2v) is 6.59. The third-order valence-corrected chi connectivity index (χ3v) is 4.41. The average molecular weight is 254 g/mol. The van der Waals surface area contributed by atoms with Crippen molar-refractivity contribution in [3.05, 3.63) is 0 Å². The standard InChI is InChI=1S/C16H34N2/c1-5-11-16(3,13-17-12-6-2)14-18(4)15-9-7-8-10-15/h15,17H,5-14H2,1-4H3. The van der Waals surface area contributed by atoms with Gasteiger partial charge in [-0.15, -0.1) is 0 Å². The van der Waals surface area contributed by atoms with Gasteiger partial charge in [-0.1, -0.05) is 40.0 Å². The number of rotatable bonds is 9. The Bertz CT molecular complexity index is 211. The fourth-order valence-corrected chi connectivity index (χ4v) is 3.47. The van der Waals surface area contributed by atoms with Crippen molar-refractivity contribution in [2.45, 2.75) is 71.8 Å². The molecule has 0 saturated heterocycles. The minimum atomic E-state index is 0.446. The summed E-state index contributed by atoms with van der Waals surface area (Å²) in [6.45, 7) is 10.6. The Morgan fingerprint density at radius 1 is 1.17 bits per heavy atom. The fraction of sp³-hybridized carbons (Fsp3) is 1.00. The van der Waals surface area contributed by atoms with E-state index in [9.17, 15) is 0 Å². The number of hydrogen-bond donors (Lipinski definition) is 1. The monoisotopic (exact) mass is 254 g/mol. The van der Waals surface area contributed by atoms with Crippen LogP contribution in [0, 0.1) is 5.41 Å². The molecule has 1 rings (SSSR count). The molecule has 2 heteroatoms. The van der Waals surface area contributed by atoms with Gasteiger partial charge >= 0.3 is 0 Å². The molecule has 2 nitrogen and oxygen atoms in total. The summed E-state index contributed by atoms with van der Waals surface area (Å²) in [4.78, 5) is 2.64. The minimum Gasteiger partial charge on any atom is -0.316 e. The van der Waals surface area contributed by atoms with Gasteiger partial charge in [0, 0.05) is 19.1 Å². The highest BCUT2D eigenvalue weighted by molar-refractivity contribution is 4.84. The molecule has 0 spiro atoms. The zero-order valence-electron chi connectivity index (χ0n) is 13.1. The van der Waals surface area contributed by atoms with Crippen molar-refractivity contribution in [3.63, 3.8) is 0 Å². The lowest BCUT2D eigenvalue weighted by Gasteiger charge is -2.37. The first-order valence-electron chi connectivity index (χ1n) is 8.02. The lowest BCUT2D eigenvalue weighted by Crippen LogP contribution is -2.44. The van der Waals surface area contributed by atoms with Crippen molar-refractivity contribution < 1.29 is 0 Å². The number of nitrogens with one attached hydrogen (secondary N) is 1. The Kier molecular flexibility index (Phi) is 7.25. The number of hydrogen-bond acceptors (Lipinski definition) is 2. The molecule has 1 aliphatic carbocycles. The summed E-state index contributed by atoms with van der Waals surface area (Å²) in [7, 11) is 2.34. The highest BCUT2D eigenvalue weighted by Crippen LogP contribution is 2.28. The SMILES string of the molecule is CCCNCC(C)(CCC)CN(C)C1CCCC1. The lowest BCUT2D eigenvalue weighted by atomic mass is 9.84. The molecule has 1 unspecified atom stereocenters. The zero-order valence-corrected chi connectivity index (χ0v) is 13.1. The van der Waals surface area contributed by atoms with Crippen molar-refractivity contribution in [1.29, 1.82) is 0 Å². The van der Waals surface area contributed by atoms with Crippen molar-refractivity contribution >= 4 is 0 Å². The molecule has 0 aliphatic heterocycles. The quantitative estimate of drug-likeness (QED) is 0.632. The van der Waals surface area contributed by atoms with E-state index in [2.05, 4.69) is 38.0 Å². The van der Waals surface area contributed by atoms with Crippen molar-refractivity contribution in [2.24, 2.45) is 5.41 Å². The summed E-state index contributed by atoms with van der Waals surface area (Å²) >= 11 is 0. The van der Waals surface area contributed by atoms with Crippen LogP contribution in [0.3, 0.4) is 0 Å². The van der Waals surface area contributed by atoms with E-state index in [-0.39, 0.29) is 0 Å². The van der Waals surface area contributed by atoms with Gasteiger partial charge in [0.05, 0.1) is 0 Å². The molecule has 108 valence electrons. The van der Waals surface area contributed by atoms with Crippen LogP contribution in [0.15, 0.2) is 0 Å². The molecule has 0 aromatic heterocycles. The van der Waals surface area contributed by atoms with E-state index in [4.69, 9.17) is 0 Å². The maximum absolute atomic E-state index is 3.63. The highest BCUT2D eigenvalue weighted by Gasteiger charge is 2.28. The van der Waals surface area contributed by atoms with Crippen LogP contribution in [0.25, 0.3) is 0 Å². The molecule has 18 heavy (non-hydrogen) atoms. The molecule has 0 bridgehead atoms. The molecule has 0 amide bonds. The van der Waals surface area contributed by atoms with E-state index in [0.29, 0.717) is 5.41 Å². The van der Waals surface area contributed by atoms with Crippen LogP contribution >= 0.6 is 0 Å². The van der Waals surface area contributed by atoms with Crippen molar-refractivity contribution in [1.82, 2.24) is 10.2 Å². The van der Waals surface area contributed by atoms with Crippen LogP contribution in [0.4, 0.5) is 0 Å². The van der Waals surface area contributed by atoms with E-state index < -0.39 is 0 Å². The molecule has 0 heterocycles. The van der Waals surface area contributed by atoms with Crippen LogP contribution in [0.2, 0.25) is 0 Å². The topological polar surface area (TPSA) is 15.3 Å². The summed E-state index contributed by atoms with van der Waals surface area (Å²) in [5.74, 6) is 0. The maximum atomic E-state index is 3.63. The van der Waals surface area contributed by atoms with E-state index >= 15 is 0 Å². The number of nitrogens with zero attached hydrogens (tertiary/aromatic N) is 1. The summed E-state index contributed by atoms with van der Waals surface area (Å²) in [5, 5.41) is 3.63. The predicted octanol–water partition coefficient (Wildman–Crippen LogP) is 3.67. The Labute approximate surface area is 115 Å². The Hall–Kier alpha value is -0.0800. The molecule has 1 fully saturated rings.